The number of ketones is 1. The van der Waals surface area contributed by atoms with Crippen LogP contribution in [-0.2, 0) is 4.79 Å². The number of ether oxygens (including phenoxy) is 1. The molecule has 1 N–H and O–H groups in total. The number of Topliss-reactive ketones (excluding diaryl/α,β-unsaturated/α-hetero) is 1. The molecule has 0 aliphatic rings. The molecule has 2 aromatic carbocycles. The van der Waals surface area contributed by atoms with Crippen LogP contribution in [0.25, 0.3) is 0 Å². The van der Waals surface area contributed by atoms with Crippen molar-refractivity contribution in [2.75, 3.05) is 11.9 Å². The van der Waals surface area contributed by atoms with Crippen LogP contribution in [0.2, 0.25) is 5.02 Å². The van der Waals surface area contributed by atoms with Crippen LogP contribution in [-0.4, -0.2) is 18.3 Å². The Kier molecular flexibility index (Phi) is 4.95. The van der Waals surface area contributed by atoms with Gasteiger partial charge in [-0.05, 0) is 43.3 Å². The summed E-state index contributed by atoms with van der Waals surface area (Å²) in [5, 5.41) is 3.13. The van der Waals surface area contributed by atoms with Crippen molar-refractivity contribution in [1.82, 2.24) is 0 Å². The summed E-state index contributed by atoms with van der Waals surface area (Å²) in [5.74, 6) is 0.140. The molecular formula is C16H14ClNO3. The van der Waals surface area contributed by atoms with E-state index < -0.39 is 0 Å². The van der Waals surface area contributed by atoms with Gasteiger partial charge in [-0.2, -0.15) is 0 Å². The molecule has 0 saturated carbocycles. The molecule has 4 nitrogen and oxygen atoms in total. The van der Waals surface area contributed by atoms with Crippen LogP contribution in [0.3, 0.4) is 0 Å². The summed E-state index contributed by atoms with van der Waals surface area (Å²) < 4.78 is 5.33. The lowest BCUT2D eigenvalue weighted by molar-refractivity contribution is -0.118. The molecule has 2 rings (SSSR count). The minimum absolute atomic E-state index is 0.0186. The van der Waals surface area contributed by atoms with Gasteiger partial charge in [-0.15, -0.1) is 0 Å². The van der Waals surface area contributed by atoms with E-state index in [-0.39, 0.29) is 18.3 Å². The first-order chi connectivity index (χ1) is 10.1. The molecule has 0 bridgehead atoms. The molecule has 0 saturated heterocycles. The number of halogens is 1. The highest BCUT2D eigenvalue weighted by molar-refractivity contribution is 6.32. The molecule has 0 radical (unpaired) electrons. The van der Waals surface area contributed by atoms with Gasteiger partial charge in [0, 0.05) is 11.3 Å². The molecule has 1 amide bonds. The summed E-state index contributed by atoms with van der Waals surface area (Å²) in [5.41, 5.74) is 1.20. The highest BCUT2D eigenvalue weighted by Gasteiger charge is 2.06. The Hall–Kier alpha value is -2.33. The number of hydrogen-bond donors (Lipinski definition) is 1. The van der Waals surface area contributed by atoms with E-state index in [9.17, 15) is 9.59 Å². The van der Waals surface area contributed by atoms with E-state index in [1.165, 1.54) is 6.92 Å². The minimum Gasteiger partial charge on any atom is -0.482 e. The fourth-order valence-corrected chi connectivity index (χ4v) is 1.88. The lowest BCUT2D eigenvalue weighted by Crippen LogP contribution is -2.20. The van der Waals surface area contributed by atoms with Gasteiger partial charge < -0.3 is 10.1 Å². The number of nitrogens with one attached hydrogen (secondary N) is 1. The molecule has 5 heteroatoms. The molecule has 0 unspecified atom stereocenters. The number of rotatable bonds is 5. The molecule has 0 fully saturated rings. The van der Waals surface area contributed by atoms with Crippen LogP contribution in [0, 0.1) is 0 Å². The van der Waals surface area contributed by atoms with Gasteiger partial charge in [0.2, 0.25) is 0 Å². The molecule has 0 aliphatic carbocycles. The first-order valence-electron chi connectivity index (χ1n) is 6.34. The van der Waals surface area contributed by atoms with Gasteiger partial charge >= 0.3 is 0 Å². The number of carbonyl (C=O) groups is 2. The normalized spacial score (nSPS) is 10.0. The number of amides is 1. The summed E-state index contributed by atoms with van der Waals surface area (Å²) >= 11 is 5.93. The molecule has 2 aromatic rings. The molecule has 21 heavy (non-hydrogen) atoms. The van der Waals surface area contributed by atoms with Crippen molar-refractivity contribution in [2.45, 2.75) is 6.92 Å². The van der Waals surface area contributed by atoms with Crippen molar-refractivity contribution in [3.63, 3.8) is 0 Å². The van der Waals surface area contributed by atoms with E-state index in [4.69, 9.17) is 16.3 Å². The highest BCUT2D eigenvalue weighted by atomic mass is 35.5. The van der Waals surface area contributed by atoms with Crippen LogP contribution in [0.5, 0.6) is 5.75 Å². The van der Waals surface area contributed by atoms with Crippen molar-refractivity contribution >= 4 is 29.0 Å². The molecule has 0 spiro atoms. The van der Waals surface area contributed by atoms with Crippen molar-refractivity contribution in [3.05, 3.63) is 59.1 Å². The Morgan fingerprint density at radius 1 is 1.10 bits per heavy atom. The lowest BCUT2D eigenvalue weighted by Gasteiger charge is -2.08. The van der Waals surface area contributed by atoms with Crippen LogP contribution in [0.4, 0.5) is 5.69 Å². The van der Waals surface area contributed by atoms with Gasteiger partial charge in [0.25, 0.3) is 5.91 Å². The first-order valence-corrected chi connectivity index (χ1v) is 6.72. The predicted molar refractivity (Wildman–Crippen MR) is 82.0 cm³/mol. The second kappa shape index (κ2) is 6.90. The quantitative estimate of drug-likeness (QED) is 0.859. The fourth-order valence-electron chi connectivity index (χ4n) is 1.69. The molecule has 108 valence electrons. The van der Waals surface area contributed by atoms with Gasteiger partial charge in [-0.1, -0.05) is 23.7 Å². The lowest BCUT2D eigenvalue weighted by atomic mass is 10.1. The van der Waals surface area contributed by atoms with Crippen molar-refractivity contribution in [2.24, 2.45) is 0 Å². The number of benzene rings is 2. The van der Waals surface area contributed by atoms with Crippen molar-refractivity contribution in [1.29, 1.82) is 0 Å². The SMILES string of the molecule is CC(=O)c1ccc(NC(=O)COc2ccccc2Cl)cc1. The van der Waals surface area contributed by atoms with Gasteiger partial charge in [-0.25, -0.2) is 0 Å². The standard InChI is InChI=1S/C16H14ClNO3/c1-11(19)12-6-8-13(9-7-12)18-16(20)10-21-15-5-3-2-4-14(15)17/h2-9H,10H2,1H3,(H,18,20). The topological polar surface area (TPSA) is 55.4 Å². The smallest absolute Gasteiger partial charge is 0.262 e. The Labute approximate surface area is 127 Å². The second-order valence-corrected chi connectivity index (χ2v) is 4.81. The zero-order valence-corrected chi connectivity index (χ0v) is 12.2. The number of hydrogen-bond acceptors (Lipinski definition) is 3. The molecular weight excluding hydrogens is 290 g/mol. The van der Waals surface area contributed by atoms with Gasteiger partial charge in [0.1, 0.15) is 5.75 Å². The fraction of sp³-hybridized carbons (Fsp3) is 0.125. The van der Waals surface area contributed by atoms with Gasteiger partial charge in [0.15, 0.2) is 12.4 Å². The zero-order valence-electron chi connectivity index (χ0n) is 11.4. The van der Waals surface area contributed by atoms with E-state index in [1.807, 2.05) is 0 Å². The molecule has 0 aromatic heterocycles. The van der Waals surface area contributed by atoms with Crippen LogP contribution in [0.1, 0.15) is 17.3 Å². The summed E-state index contributed by atoms with van der Waals surface area (Å²) in [6.45, 7) is 1.35. The zero-order chi connectivity index (χ0) is 15.2. The van der Waals surface area contributed by atoms with Crippen LogP contribution in [0.15, 0.2) is 48.5 Å². The maximum absolute atomic E-state index is 11.8. The van der Waals surface area contributed by atoms with Crippen LogP contribution >= 0.6 is 11.6 Å². The van der Waals surface area contributed by atoms with E-state index >= 15 is 0 Å². The summed E-state index contributed by atoms with van der Waals surface area (Å²) in [4.78, 5) is 22.9. The van der Waals surface area contributed by atoms with E-state index in [2.05, 4.69) is 5.32 Å². The Bertz CT molecular complexity index is 653. The Balaban J connectivity index is 1.90. The van der Waals surface area contributed by atoms with E-state index in [0.717, 1.165) is 0 Å². The first kappa shape index (κ1) is 15.1. The summed E-state index contributed by atoms with van der Waals surface area (Å²) in [6, 6.07) is 13.6. The van der Waals surface area contributed by atoms with Gasteiger partial charge in [0.05, 0.1) is 5.02 Å². The maximum Gasteiger partial charge on any atom is 0.262 e. The number of para-hydroxylation sites is 1. The molecule has 0 atom stereocenters. The van der Waals surface area contributed by atoms with Crippen molar-refractivity contribution in [3.8, 4) is 5.75 Å². The summed E-state index contributed by atoms with van der Waals surface area (Å²) in [6.07, 6.45) is 0. The number of carbonyl (C=O) groups excluding carboxylic acids is 2. The average molecular weight is 304 g/mol. The third kappa shape index (κ3) is 4.33. The Morgan fingerprint density at radius 2 is 1.76 bits per heavy atom. The van der Waals surface area contributed by atoms with E-state index in [1.54, 1.807) is 48.5 Å². The number of anilines is 1. The largest absolute Gasteiger partial charge is 0.482 e. The van der Waals surface area contributed by atoms with Gasteiger partial charge in [-0.3, -0.25) is 9.59 Å². The summed E-state index contributed by atoms with van der Waals surface area (Å²) in [7, 11) is 0. The highest BCUT2D eigenvalue weighted by Crippen LogP contribution is 2.22. The average Bonchev–Trinajstić information content (AvgIpc) is 2.47. The van der Waals surface area contributed by atoms with Crippen molar-refractivity contribution < 1.29 is 14.3 Å². The maximum atomic E-state index is 11.8. The predicted octanol–water partition coefficient (Wildman–Crippen LogP) is 3.56. The third-order valence-corrected chi connectivity index (χ3v) is 3.08. The molecule has 0 heterocycles. The Morgan fingerprint density at radius 3 is 2.38 bits per heavy atom. The second-order valence-electron chi connectivity index (χ2n) is 4.40. The monoisotopic (exact) mass is 303 g/mol. The van der Waals surface area contributed by atoms with E-state index in [0.29, 0.717) is 22.0 Å². The minimum atomic E-state index is -0.300. The molecule has 0 aliphatic heterocycles. The third-order valence-electron chi connectivity index (χ3n) is 2.77. The van der Waals surface area contributed by atoms with Crippen LogP contribution < -0.4 is 10.1 Å².